The third-order valence-corrected chi connectivity index (χ3v) is 6.21. The highest BCUT2D eigenvalue weighted by Gasteiger charge is 2.15. The first-order valence-corrected chi connectivity index (χ1v) is 12.2. The van der Waals surface area contributed by atoms with Gasteiger partial charge in [-0.1, -0.05) is 41.2 Å². The highest BCUT2D eigenvalue weighted by molar-refractivity contribution is 7.13. The summed E-state index contributed by atoms with van der Waals surface area (Å²) in [5.41, 5.74) is 3.21. The molecule has 0 radical (unpaired) electrons. The Bertz CT molecular complexity index is 1390. The zero-order valence-corrected chi connectivity index (χ0v) is 21.4. The summed E-state index contributed by atoms with van der Waals surface area (Å²) in [5.74, 6) is 1.13. The molecule has 4 aromatic rings. The summed E-state index contributed by atoms with van der Waals surface area (Å²) in [5, 5.41) is 14.4. The molecule has 0 aliphatic heterocycles. The molecule has 10 heteroatoms. The van der Waals surface area contributed by atoms with E-state index in [1.54, 1.807) is 56.7 Å². The van der Waals surface area contributed by atoms with Gasteiger partial charge < -0.3 is 24.8 Å². The van der Waals surface area contributed by atoms with Gasteiger partial charge in [0.15, 0.2) is 16.5 Å². The van der Waals surface area contributed by atoms with Crippen LogP contribution in [0.5, 0.6) is 17.2 Å². The maximum atomic E-state index is 12.6. The molecule has 0 aliphatic carbocycles. The smallest absolute Gasteiger partial charge is 0.286 e. The first kappa shape index (κ1) is 25.6. The molecule has 9 nitrogen and oxygen atoms in total. The molecule has 0 bridgehead atoms. The van der Waals surface area contributed by atoms with Crippen LogP contribution in [0.15, 0.2) is 66.7 Å². The van der Waals surface area contributed by atoms with E-state index in [9.17, 15) is 9.59 Å². The summed E-state index contributed by atoms with van der Waals surface area (Å²) in [6, 6.07) is 19.8. The topological polar surface area (TPSA) is 112 Å². The van der Waals surface area contributed by atoms with Crippen molar-refractivity contribution < 1.29 is 23.8 Å². The van der Waals surface area contributed by atoms with Crippen LogP contribution in [0.25, 0.3) is 0 Å². The molecule has 0 fully saturated rings. The molecule has 0 aliphatic rings. The molecular weight excluding hydrogens is 492 g/mol. The minimum atomic E-state index is -0.397. The summed E-state index contributed by atoms with van der Waals surface area (Å²) in [7, 11) is 3.11. The number of amides is 2. The maximum Gasteiger partial charge on any atom is 0.286 e. The van der Waals surface area contributed by atoms with Gasteiger partial charge in [0.25, 0.3) is 11.8 Å². The van der Waals surface area contributed by atoms with Gasteiger partial charge in [0.05, 0.1) is 14.2 Å². The second kappa shape index (κ2) is 12.0. The summed E-state index contributed by atoms with van der Waals surface area (Å²) in [6.45, 7) is 2.59. The lowest BCUT2D eigenvalue weighted by Gasteiger charge is -2.09. The monoisotopic (exact) mass is 518 g/mol. The molecule has 0 saturated carbocycles. The van der Waals surface area contributed by atoms with Crippen molar-refractivity contribution in [1.29, 1.82) is 0 Å². The van der Waals surface area contributed by atoms with E-state index in [1.807, 2.05) is 31.2 Å². The Morgan fingerprint density at radius 1 is 0.892 bits per heavy atom. The highest BCUT2D eigenvalue weighted by Crippen LogP contribution is 2.31. The van der Waals surface area contributed by atoms with E-state index in [0.717, 1.165) is 22.5 Å². The van der Waals surface area contributed by atoms with E-state index in [0.29, 0.717) is 40.1 Å². The first-order valence-electron chi connectivity index (χ1n) is 11.4. The van der Waals surface area contributed by atoms with Crippen molar-refractivity contribution in [3.63, 3.8) is 0 Å². The van der Waals surface area contributed by atoms with Crippen molar-refractivity contribution in [2.24, 2.45) is 0 Å². The number of rotatable bonds is 10. The van der Waals surface area contributed by atoms with Crippen LogP contribution in [0.4, 0.5) is 5.69 Å². The van der Waals surface area contributed by atoms with E-state index >= 15 is 0 Å². The number of anilines is 1. The van der Waals surface area contributed by atoms with Gasteiger partial charge in [0, 0.05) is 23.9 Å². The van der Waals surface area contributed by atoms with Crippen molar-refractivity contribution in [3.8, 4) is 17.2 Å². The van der Waals surface area contributed by atoms with Crippen LogP contribution in [0, 0.1) is 6.92 Å². The Morgan fingerprint density at radius 2 is 1.68 bits per heavy atom. The average molecular weight is 519 g/mol. The fourth-order valence-corrected chi connectivity index (χ4v) is 4.10. The molecule has 37 heavy (non-hydrogen) atoms. The quantitative estimate of drug-likeness (QED) is 0.315. The zero-order valence-electron chi connectivity index (χ0n) is 20.6. The lowest BCUT2D eigenvalue weighted by molar-refractivity contribution is 0.0950. The Hall–Kier alpha value is -4.44. The van der Waals surface area contributed by atoms with Crippen LogP contribution in [-0.2, 0) is 13.2 Å². The summed E-state index contributed by atoms with van der Waals surface area (Å²) in [4.78, 5) is 25.1. The van der Waals surface area contributed by atoms with Crippen LogP contribution in [0.2, 0.25) is 0 Å². The molecule has 0 saturated heterocycles. The van der Waals surface area contributed by atoms with Gasteiger partial charge in [-0.2, -0.15) is 0 Å². The lowest BCUT2D eigenvalue weighted by Crippen LogP contribution is -2.22. The predicted molar refractivity (Wildman–Crippen MR) is 141 cm³/mol. The Kier molecular flexibility index (Phi) is 8.32. The van der Waals surface area contributed by atoms with E-state index in [4.69, 9.17) is 14.2 Å². The number of nitrogens with zero attached hydrogens (tertiary/aromatic N) is 2. The van der Waals surface area contributed by atoms with Crippen LogP contribution in [0.1, 0.15) is 36.3 Å². The van der Waals surface area contributed by atoms with Crippen LogP contribution in [0.3, 0.4) is 0 Å². The van der Waals surface area contributed by atoms with Gasteiger partial charge in [-0.15, -0.1) is 10.2 Å². The van der Waals surface area contributed by atoms with E-state index in [-0.39, 0.29) is 17.5 Å². The number of benzene rings is 3. The van der Waals surface area contributed by atoms with Gasteiger partial charge in [-0.05, 0) is 48.9 Å². The van der Waals surface area contributed by atoms with Crippen LogP contribution < -0.4 is 24.8 Å². The largest absolute Gasteiger partial charge is 0.493 e. The number of aromatic nitrogens is 2. The highest BCUT2D eigenvalue weighted by atomic mass is 32.1. The number of carbonyl (C=O) groups is 2. The van der Waals surface area contributed by atoms with Gasteiger partial charge >= 0.3 is 0 Å². The van der Waals surface area contributed by atoms with Crippen molar-refractivity contribution in [3.05, 3.63) is 93.4 Å². The number of ether oxygens (including phenoxy) is 3. The molecule has 0 spiro atoms. The number of methoxy groups -OCH3 is 2. The molecule has 1 aromatic heterocycles. The van der Waals surface area contributed by atoms with Crippen molar-refractivity contribution in [1.82, 2.24) is 15.5 Å². The van der Waals surface area contributed by atoms with E-state index in [2.05, 4.69) is 20.8 Å². The molecule has 0 unspecified atom stereocenters. The molecule has 3 aromatic carbocycles. The number of hydrogen-bond donors (Lipinski definition) is 2. The molecule has 2 amide bonds. The standard InChI is InChI=1S/C27H26N4O5S/c1-17-5-4-6-18(13-17)15-28-25(32)19-7-9-20(10-8-19)29-26(33)27-31-30-24(37-27)16-36-21-11-12-22(34-2)23(14-21)35-3/h4-14H,15-16H2,1-3H3,(H,28,32)(H,29,33). The van der Waals surface area contributed by atoms with Gasteiger partial charge in [0.1, 0.15) is 12.4 Å². The minimum Gasteiger partial charge on any atom is -0.493 e. The second-order valence-corrected chi connectivity index (χ2v) is 9.07. The summed E-state index contributed by atoms with van der Waals surface area (Å²) < 4.78 is 16.2. The van der Waals surface area contributed by atoms with Crippen molar-refractivity contribution >= 4 is 28.8 Å². The fourth-order valence-electron chi connectivity index (χ4n) is 3.45. The van der Waals surface area contributed by atoms with Crippen molar-refractivity contribution in [2.75, 3.05) is 19.5 Å². The Balaban J connectivity index is 1.29. The molecule has 0 atom stereocenters. The van der Waals surface area contributed by atoms with E-state index < -0.39 is 5.91 Å². The Labute approximate surface area is 218 Å². The Morgan fingerprint density at radius 3 is 2.41 bits per heavy atom. The van der Waals surface area contributed by atoms with Crippen LogP contribution >= 0.6 is 11.3 Å². The van der Waals surface area contributed by atoms with Crippen LogP contribution in [-0.4, -0.2) is 36.2 Å². The molecule has 1 heterocycles. The third-order valence-electron chi connectivity index (χ3n) is 5.32. The van der Waals surface area contributed by atoms with Gasteiger partial charge in [-0.3, -0.25) is 9.59 Å². The normalized spacial score (nSPS) is 10.5. The van der Waals surface area contributed by atoms with Gasteiger partial charge in [-0.25, -0.2) is 0 Å². The summed E-state index contributed by atoms with van der Waals surface area (Å²) in [6.07, 6.45) is 0. The lowest BCUT2D eigenvalue weighted by atomic mass is 10.1. The first-order chi connectivity index (χ1) is 17.9. The molecule has 190 valence electrons. The molecule has 4 rings (SSSR count). The van der Waals surface area contributed by atoms with Crippen molar-refractivity contribution in [2.45, 2.75) is 20.1 Å². The maximum absolute atomic E-state index is 12.6. The SMILES string of the molecule is COc1ccc(OCc2nnc(C(=O)Nc3ccc(C(=O)NCc4cccc(C)c4)cc3)s2)cc1OC. The van der Waals surface area contributed by atoms with E-state index in [1.165, 1.54) is 0 Å². The zero-order chi connectivity index (χ0) is 26.2. The third kappa shape index (κ3) is 6.83. The van der Waals surface area contributed by atoms with Gasteiger partial charge in [0.2, 0.25) is 5.01 Å². The average Bonchev–Trinajstić information content (AvgIpc) is 3.40. The number of carbonyl (C=O) groups excluding carboxylic acids is 2. The molecular formula is C27H26N4O5S. The second-order valence-electron chi connectivity index (χ2n) is 8.01. The number of hydrogen-bond acceptors (Lipinski definition) is 8. The summed E-state index contributed by atoms with van der Waals surface area (Å²) >= 11 is 1.13. The number of nitrogens with one attached hydrogen (secondary N) is 2. The fraction of sp³-hybridized carbons (Fsp3) is 0.185. The minimum absolute atomic E-state index is 0.146. The predicted octanol–water partition coefficient (Wildman–Crippen LogP) is 4.63. The molecule has 2 N–H and O–H groups in total. The number of aryl methyl sites for hydroxylation is 1.